The number of hydrogen-bond donors (Lipinski definition) is 4. The maximum atomic E-state index is 14.5. The van der Waals surface area contributed by atoms with E-state index in [0.717, 1.165) is 6.08 Å². The van der Waals surface area contributed by atoms with Gasteiger partial charge in [0.15, 0.2) is 0 Å². The lowest BCUT2D eigenvalue weighted by atomic mass is 10.1. The van der Waals surface area contributed by atoms with Crippen molar-refractivity contribution in [1.29, 1.82) is 0 Å². The standard InChI is InChI=1S/C31H23ClFN3O5S/c32-25-13-6-14-26(33)24(25)17-27(36-29(38)19-7-2-1-3-8-19)30(39)35-22-11-5-12-23(16-22)42-18-28(37)34-21-10-4-9-20(15-21)31(40)41/h1-17H,18H2,(H,34,37)(H,35,39)(H,36,38)(H,40,41)/b27-17+. The Hall–Kier alpha value is -4.93. The Bertz CT molecular complexity index is 1660. The van der Waals surface area contributed by atoms with Gasteiger partial charge < -0.3 is 21.1 Å². The average Bonchev–Trinajstić information content (AvgIpc) is 2.98. The van der Waals surface area contributed by atoms with E-state index in [2.05, 4.69) is 16.0 Å². The number of carboxylic acids is 1. The molecule has 0 bridgehead atoms. The maximum Gasteiger partial charge on any atom is 0.335 e. The van der Waals surface area contributed by atoms with Crippen LogP contribution >= 0.6 is 23.4 Å². The predicted octanol–water partition coefficient (Wildman–Crippen LogP) is 6.32. The number of amides is 3. The van der Waals surface area contributed by atoms with E-state index in [4.69, 9.17) is 16.7 Å². The SMILES string of the molecule is O=C(CSc1cccc(NC(=O)/C(=C\c2c(F)cccc2Cl)NC(=O)c2ccccc2)c1)Nc1cccc(C(=O)O)c1. The fraction of sp³-hybridized carbons (Fsp3) is 0.0323. The van der Waals surface area contributed by atoms with Gasteiger partial charge in [0.05, 0.1) is 16.3 Å². The van der Waals surface area contributed by atoms with Gasteiger partial charge in [0.2, 0.25) is 5.91 Å². The number of carbonyl (C=O) groups excluding carboxylic acids is 3. The molecule has 0 spiro atoms. The van der Waals surface area contributed by atoms with Crippen LogP contribution in [0.15, 0.2) is 108 Å². The van der Waals surface area contributed by atoms with Crippen molar-refractivity contribution in [3.05, 3.63) is 130 Å². The van der Waals surface area contributed by atoms with Crippen molar-refractivity contribution >= 4 is 64.5 Å². The molecule has 3 amide bonds. The highest BCUT2D eigenvalue weighted by Gasteiger charge is 2.17. The van der Waals surface area contributed by atoms with E-state index >= 15 is 0 Å². The Kier molecular flexibility index (Phi) is 10.1. The van der Waals surface area contributed by atoms with Crippen molar-refractivity contribution < 1.29 is 28.7 Å². The molecule has 0 aliphatic rings. The number of hydrogen-bond acceptors (Lipinski definition) is 5. The van der Waals surface area contributed by atoms with Crippen molar-refractivity contribution in [3.8, 4) is 0 Å². The van der Waals surface area contributed by atoms with Crippen LogP contribution in [0.4, 0.5) is 15.8 Å². The second-order valence-electron chi connectivity index (χ2n) is 8.72. The van der Waals surface area contributed by atoms with Crippen LogP contribution in [0.1, 0.15) is 26.3 Å². The summed E-state index contributed by atoms with van der Waals surface area (Å²) in [7, 11) is 0. The number of thioether (sulfide) groups is 1. The Morgan fingerprint density at radius 2 is 1.48 bits per heavy atom. The number of carboxylic acid groups (broad SMARTS) is 1. The summed E-state index contributed by atoms with van der Waals surface area (Å²) in [4.78, 5) is 50.3. The molecule has 0 unspecified atom stereocenters. The van der Waals surface area contributed by atoms with E-state index < -0.39 is 23.6 Å². The molecule has 4 rings (SSSR count). The van der Waals surface area contributed by atoms with Crippen LogP contribution in [-0.4, -0.2) is 34.6 Å². The zero-order chi connectivity index (χ0) is 30.1. The molecule has 0 radical (unpaired) electrons. The summed E-state index contributed by atoms with van der Waals surface area (Å²) < 4.78 is 14.5. The molecule has 0 saturated carbocycles. The number of benzene rings is 4. The monoisotopic (exact) mass is 603 g/mol. The van der Waals surface area contributed by atoms with Crippen molar-refractivity contribution in [3.63, 3.8) is 0 Å². The van der Waals surface area contributed by atoms with Gasteiger partial charge in [0, 0.05) is 27.4 Å². The number of aromatic carboxylic acids is 1. The van der Waals surface area contributed by atoms with Gasteiger partial charge in [-0.1, -0.05) is 48.0 Å². The molecule has 11 heteroatoms. The Labute approximate surface area is 249 Å². The summed E-state index contributed by atoms with van der Waals surface area (Å²) in [5, 5.41) is 17.0. The second-order valence-corrected chi connectivity index (χ2v) is 10.2. The molecular formula is C31H23ClFN3O5S. The molecule has 4 aromatic carbocycles. The molecule has 42 heavy (non-hydrogen) atoms. The lowest BCUT2D eigenvalue weighted by Gasteiger charge is -2.13. The number of nitrogens with one attached hydrogen (secondary N) is 3. The van der Waals surface area contributed by atoms with Gasteiger partial charge in [-0.05, 0) is 66.7 Å². The number of rotatable bonds is 10. The van der Waals surface area contributed by atoms with Crippen LogP contribution in [0.3, 0.4) is 0 Å². The minimum Gasteiger partial charge on any atom is -0.478 e. The zero-order valence-electron chi connectivity index (χ0n) is 21.8. The molecule has 8 nitrogen and oxygen atoms in total. The minimum absolute atomic E-state index is 0.0127. The molecule has 0 aliphatic carbocycles. The summed E-state index contributed by atoms with van der Waals surface area (Å²) in [6, 6.07) is 24.9. The van der Waals surface area contributed by atoms with Crippen molar-refractivity contribution in [2.45, 2.75) is 4.90 Å². The summed E-state index contributed by atoms with van der Waals surface area (Å²) in [6.07, 6.45) is 1.16. The molecule has 0 aromatic heterocycles. The first-order valence-electron chi connectivity index (χ1n) is 12.4. The second kappa shape index (κ2) is 14.1. The summed E-state index contributed by atoms with van der Waals surface area (Å²) in [5.74, 6) is -3.42. The number of carbonyl (C=O) groups is 4. The predicted molar refractivity (Wildman–Crippen MR) is 161 cm³/mol. The minimum atomic E-state index is -1.10. The van der Waals surface area contributed by atoms with Gasteiger partial charge in [-0.3, -0.25) is 14.4 Å². The fourth-order valence-electron chi connectivity index (χ4n) is 3.67. The first-order valence-corrected chi connectivity index (χ1v) is 13.8. The highest BCUT2D eigenvalue weighted by Crippen LogP contribution is 2.24. The zero-order valence-corrected chi connectivity index (χ0v) is 23.3. The van der Waals surface area contributed by atoms with Gasteiger partial charge in [0.1, 0.15) is 11.5 Å². The van der Waals surface area contributed by atoms with Crippen LogP contribution in [0.2, 0.25) is 5.02 Å². The highest BCUT2D eigenvalue weighted by molar-refractivity contribution is 8.00. The summed E-state index contributed by atoms with van der Waals surface area (Å²) in [5.41, 5.74) is 0.753. The third-order valence-electron chi connectivity index (χ3n) is 5.67. The van der Waals surface area contributed by atoms with E-state index in [1.807, 2.05) is 0 Å². The third kappa shape index (κ3) is 8.29. The van der Waals surface area contributed by atoms with E-state index in [-0.39, 0.29) is 33.5 Å². The molecule has 4 aromatic rings. The molecule has 0 saturated heterocycles. The number of anilines is 2. The van der Waals surface area contributed by atoms with E-state index in [1.54, 1.807) is 60.7 Å². The van der Waals surface area contributed by atoms with Crippen LogP contribution < -0.4 is 16.0 Å². The molecule has 4 N–H and O–H groups in total. The molecule has 0 atom stereocenters. The Morgan fingerprint density at radius 3 is 2.19 bits per heavy atom. The Morgan fingerprint density at radius 1 is 0.810 bits per heavy atom. The quantitative estimate of drug-likeness (QED) is 0.124. The van der Waals surface area contributed by atoms with Gasteiger partial charge in [-0.2, -0.15) is 0 Å². The smallest absolute Gasteiger partial charge is 0.335 e. The molecule has 0 fully saturated rings. The topological polar surface area (TPSA) is 125 Å². The van der Waals surface area contributed by atoms with Gasteiger partial charge in [-0.15, -0.1) is 11.8 Å². The van der Waals surface area contributed by atoms with Crippen LogP contribution in [0, 0.1) is 5.82 Å². The first-order chi connectivity index (χ1) is 20.2. The van der Waals surface area contributed by atoms with Crippen molar-refractivity contribution in [2.24, 2.45) is 0 Å². The molecule has 212 valence electrons. The first kappa shape index (κ1) is 30.0. The lowest BCUT2D eigenvalue weighted by molar-refractivity contribution is -0.114. The van der Waals surface area contributed by atoms with Crippen LogP contribution in [0.5, 0.6) is 0 Å². The maximum absolute atomic E-state index is 14.5. The van der Waals surface area contributed by atoms with Crippen molar-refractivity contribution in [2.75, 3.05) is 16.4 Å². The molecule has 0 heterocycles. The van der Waals surface area contributed by atoms with Crippen LogP contribution in [-0.2, 0) is 9.59 Å². The lowest BCUT2D eigenvalue weighted by Crippen LogP contribution is -2.30. The van der Waals surface area contributed by atoms with E-state index in [9.17, 15) is 23.6 Å². The normalized spacial score (nSPS) is 11.0. The fourth-order valence-corrected chi connectivity index (χ4v) is 4.65. The third-order valence-corrected chi connectivity index (χ3v) is 7.00. The largest absolute Gasteiger partial charge is 0.478 e. The average molecular weight is 604 g/mol. The summed E-state index contributed by atoms with van der Waals surface area (Å²) in [6.45, 7) is 0. The molecule has 0 aliphatic heterocycles. The summed E-state index contributed by atoms with van der Waals surface area (Å²) >= 11 is 7.35. The molecular weight excluding hydrogens is 581 g/mol. The van der Waals surface area contributed by atoms with Gasteiger partial charge in [-0.25, -0.2) is 9.18 Å². The highest BCUT2D eigenvalue weighted by atomic mass is 35.5. The van der Waals surface area contributed by atoms with Gasteiger partial charge in [0.25, 0.3) is 11.8 Å². The number of halogens is 2. The van der Waals surface area contributed by atoms with Crippen molar-refractivity contribution in [1.82, 2.24) is 5.32 Å². The van der Waals surface area contributed by atoms with Crippen LogP contribution in [0.25, 0.3) is 6.08 Å². The van der Waals surface area contributed by atoms with E-state index in [1.165, 1.54) is 48.2 Å². The Balaban J connectivity index is 1.47. The van der Waals surface area contributed by atoms with E-state index in [0.29, 0.717) is 21.8 Å². The van der Waals surface area contributed by atoms with Gasteiger partial charge >= 0.3 is 5.97 Å².